The second-order valence-electron chi connectivity index (χ2n) is 5.63. The van der Waals surface area contributed by atoms with E-state index in [1.807, 2.05) is 31.2 Å². The highest BCUT2D eigenvalue weighted by molar-refractivity contribution is 6.04. The first-order chi connectivity index (χ1) is 12.5. The lowest BCUT2D eigenvalue weighted by molar-refractivity contribution is -0.384. The van der Waals surface area contributed by atoms with Crippen molar-refractivity contribution in [3.05, 3.63) is 69.9 Å². The number of rotatable bonds is 5. The molecule has 3 rings (SSSR count). The fraction of sp³-hybridized carbons (Fsp3) is 0.111. The molecule has 8 nitrogen and oxygen atoms in total. The molecule has 2 N–H and O–H groups in total. The Labute approximate surface area is 149 Å². The van der Waals surface area contributed by atoms with Gasteiger partial charge in [0.2, 0.25) is 0 Å². The first kappa shape index (κ1) is 17.2. The molecule has 0 atom stereocenters. The maximum absolute atomic E-state index is 12.4. The SMILES string of the molecule is COc1ccc(NC(=O)c2cc(-c3ccc(C)cc3)n[nH]2)c([N+](=O)[O-])c1. The number of H-pyrrole nitrogens is 1. The summed E-state index contributed by atoms with van der Waals surface area (Å²) >= 11 is 0. The zero-order valence-corrected chi connectivity index (χ0v) is 14.1. The zero-order chi connectivity index (χ0) is 18.7. The van der Waals surface area contributed by atoms with Crippen molar-refractivity contribution >= 4 is 17.3 Å². The number of nitrogens with one attached hydrogen (secondary N) is 2. The van der Waals surface area contributed by atoms with E-state index in [1.165, 1.54) is 25.3 Å². The standard InChI is InChI=1S/C18H16N4O4/c1-11-3-5-12(6-4-11)15-10-16(21-20-15)18(23)19-14-8-7-13(26-2)9-17(14)22(24)25/h3-10H,1-2H3,(H,19,23)(H,20,21). The maximum Gasteiger partial charge on any atom is 0.296 e. The van der Waals surface area contributed by atoms with Crippen molar-refractivity contribution in [3.63, 3.8) is 0 Å². The van der Waals surface area contributed by atoms with Gasteiger partial charge in [-0.15, -0.1) is 0 Å². The molecule has 0 aliphatic carbocycles. The van der Waals surface area contributed by atoms with Crippen LogP contribution in [-0.4, -0.2) is 28.1 Å². The fourth-order valence-corrected chi connectivity index (χ4v) is 2.40. The van der Waals surface area contributed by atoms with E-state index in [0.29, 0.717) is 11.4 Å². The van der Waals surface area contributed by atoms with Crippen LogP contribution in [0.1, 0.15) is 16.1 Å². The highest BCUT2D eigenvalue weighted by atomic mass is 16.6. The van der Waals surface area contributed by atoms with E-state index in [2.05, 4.69) is 15.5 Å². The van der Waals surface area contributed by atoms with Crippen LogP contribution in [0.4, 0.5) is 11.4 Å². The van der Waals surface area contributed by atoms with E-state index in [1.54, 1.807) is 6.07 Å². The van der Waals surface area contributed by atoms with Gasteiger partial charge in [0.05, 0.1) is 23.8 Å². The summed E-state index contributed by atoms with van der Waals surface area (Å²) < 4.78 is 4.98. The van der Waals surface area contributed by atoms with Gasteiger partial charge in [-0.05, 0) is 25.1 Å². The topological polar surface area (TPSA) is 110 Å². The number of nitro benzene ring substituents is 1. The van der Waals surface area contributed by atoms with E-state index in [0.717, 1.165) is 11.1 Å². The summed E-state index contributed by atoms with van der Waals surface area (Å²) in [6, 6.07) is 13.5. The molecular formula is C18H16N4O4. The summed E-state index contributed by atoms with van der Waals surface area (Å²) in [5.74, 6) is -0.193. The first-order valence-corrected chi connectivity index (χ1v) is 7.74. The molecular weight excluding hydrogens is 336 g/mol. The molecule has 0 aliphatic rings. The van der Waals surface area contributed by atoms with Crippen LogP contribution in [0.2, 0.25) is 0 Å². The molecule has 0 radical (unpaired) electrons. The van der Waals surface area contributed by atoms with Crippen LogP contribution in [0.5, 0.6) is 5.75 Å². The number of aryl methyl sites for hydroxylation is 1. The largest absolute Gasteiger partial charge is 0.496 e. The fourth-order valence-electron chi connectivity index (χ4n) is 2.40. The summed E-state index contributed by atoms with van der Waals surface area (Å²) in [5, 5.41) is 20.5. The van der Waals surface area contributed by atoms with Gasteiger partial charge in [-0.3, -0.25) is 20.0 Å². The molecule has 2 aromatic carbocycles. The molecule has 8 heteroatoms. The molecule has 3 aromatic rings. The zero-order valence-electron chi connectivity index (χ0n) is 14.1. The molecule has 132 valence electrons. The predicted molar refractivity (Wildman–Crippen MR) is 96.4 cm³/mol. The summed E-state index contributed by atoms with van der Waals surface area (Å²) in [6.07, 6.45) is 0. The lowest BCUT2D eigenvalue weighted by Crippen LogP contribution is -2.13. The van der Waals surface area contributed by atoms with Gasteiger partial charge < -0.3 is 10.1 Å². The number of amides is 1. The number of aromatic amines is 1. The summed E-state index contributed by atoms with van der Waals surface area (Å²) in [4.78, 5) is 23.0. The Hall–Kier alpha value is -3.68. The number of aromatic nitrogens is 2. The Morgan fingerprint density at radius 2 is 1.92 bits per heavy atom. The Kier molecular flexibility index (Phi) is 4.66. The average Bonchev–Trinajstić information content (AvgIpc) is 3.12. The van der Waals surface area contributed by atoms with Gasteiger partial charge in [-0.2, -0.15) is 5.10 Å². The van der Waals surface area contributed by atoms with Crippen LogP contribution in [-0.2, 0) is 0 Å². The lowest BCUT2D eigenvalue weighted by atomic mass is 10.1. The van der Waals surface area contributed by atoms with Crippen molar-refractivity contribution < 1.29 is 14.5 Å². The molecule has 0 bridgehead atoms. The number of carbonyl (C=O) groups excluding carboxylic acids is 1. The van der Waals surface area contributed by atoms with Crippen LogP contribution in [0.3, 0.4) is 0 Å². The van der Waals surface area contributed by atoms with Gasteiger partial charge in [-0.25, -0.2) is 0 Å². The van der Waals surface area contributed by atoms with Gasteiger partial charge in [0.1, 0.15) is 17.1 Å². The maximum atomic E-state index is 12.4. The molecule has 0 unspecified atom stereocenters. The highest BCUT2D eigenvalue weighted by Crippen LogP contribution is 2.29. The minimum Gasteiger partial charge on any atom is -0.496 e. The van der Waals surface area contributed by atoms with Crippen LogP contribution in [0.15, 0.2) is 48.5 Å². The number of hydrogen-bond acceptors (Lipinski definition) is 5. The smallest absolute Gasteiger partial charge is 0.296 e. The molecule has 0 saturated heterocycles. The van der Waals surface area contributed by atoms with E-state index in [4.69, 9.17) is 4.74 Å². The van der Waals surface area contributed by atoms with E-state index < -0.39 is 10.8 Å². The number of nitro groups is 1. The number of benzene rings is 2. The molecule has 1 heterocycles. The highest BCUT2D eigenvalue weighted by Gasteiger charge is 2.19. The van der Waals surface area contributed by atoms with Crippen molar-refractivity contribution in [2.75, 3.05) is 12.4 Å². The van der Waals surface area contributed by atoms with Crippen LogP contribution < -0.4 is 10.1 Å². The normalized spacial score (nSPS) is 10.4. The Balaban J connectivity index is 1.83. The Morgan fingerprint density at radius 3 is 2.58 bits per heavy atom. The summed E-state index contributed by atoms with van der Waals surface area (Å²) in [7, 11) is 1.41. The molecule has 0 spiro atoms. The monoisotopic (exact) mass is 352 g/mol. The van der Waals surface area contributed by atoms with Crippen molar-refractivity contribution in [1.82, 2.24) is 10.2 Å². The number of ether oxygens (including phenoxy) is 1. The second-order valence-corrected chi connectivity index (χ2v) is 5.63. The van der Waals surface area contributed by atoms with Crippen LogP contribution in [0, 0.1) is 17.0 Å². The minimum atomic E-state index is -0.581. The van der Waals surface area contributed by atoms with E-state index in [9.17, 15) is 14.9 Å². The van der Waals surface area contributed by atoms with E-state index >= 15 is 0 Å². The molecule has 0 fully saturated rings. The first-order valence-electron chi connectivity index (χ1n) is 7.74. The quantitative estimate of drug-likeness (QED) is 0.539. The van der Waals surface area contributed by atoms with Gasteiger partial charge in [-0.1, -0.05) is 29.8 Å². The molecule has 0 aliphatic heterocycles. The van der Waals surface area contributed by atoms with Crippen LogP contribution in [0.25, 0.3) is 11.3 Å². The third-order valence-electron chi connectivity index (χ3n) is 3.82. The summed E-state index contributed by atoms with van der Waals surface area (Å²) in [5.41, 5.74) is 2.61. The molecule has 1 amide bonds. The van der Waals surface area contributed by atoms with Crippen molar-refractivity contribution in [3.8, 4) is 17.0 Å². The van der Waals surface area contributed by atoms with Crippen molar-refractivity contribution in [1.29, 1.82) is 0 Å². The number of nitrogens with zero attached hydrogens (tertiary/aromatic N) is 2. The summed E-state index contributed by atoms with van der Waals surface area (Å²) in [6.45, 7) is 1.98. The van der Waals surface area contributed by atoms with E-state index in [-0.39, 0.29) is 17.1 Å². The predicted octanol–water partition coefficient (Wildman–Crippen LogP) is 3.55. The van der Waals surface area contributed by atoms with Gasteiger partial charge in [0.15, 0.2) is 0 Å². The third kappa shape index (κ3) is 3.54. The van der Waals surface area contributed by atoms with Crippen molar-refractivity contribution in [2.24, 2.45) is 0 Å². The van der Waals surface area contributed by atoms with Gasteiger partial charge in [0, 0.05) is 5.56 Å². The lowest BCUT2D eigenvalue weighted by Gasteiger charge is -2.06. The number of carbonyl (C=O) groups is 1. The molecule has 26 heavy (non-hydrogen) atoms. The molecule has 1 aromatic heterocycles. The minimum absolute atomic E-state index is 0.0762. The Bertz CT molecular complexity index is 964. The number of hydrogen-bond donors (Lipinski definition) is 2. The van der Waals surface area contributed by atoms with Crippen LogP contribution >= 0.6 is 0 Å². The van der Waals surface area contributed by atoms with Crippen molar-refractivity contribution in [2.45, 2.75) is 6.92 Å². The third-order valence-corrected chi connectivity index (χ3v) is 3.82. The van der Waals surface area contributed by atoms with Gasteiger partial charge in [0.25, 0.3) is 11.6 Å². The van der Waals surface area contributed by atoms with Gasteiger partial charge >= 0.3 is 0 Å². The second kappa shape index (κ2) is 7.06. The number of anilines is 1. The Morgan fingerprint density at radius 1 is 1.19 bits per heavy atom. The average molecular weight is 352 g/mol. The number of methoxy groups -OCH3 is 1. The molecule has 0 saturated carbocycles.